The summed E-state index contributed by atoms with van der Waals surface area (Å²) in [7, 11) is 1.52. The third kappa shape index (κ3) is 5.62. The summed E-state index contributed by atoms with van der Waals surface area (Å²) in [4.78, 5) is 28.4. The van der Waals surface area contributed by atoms with Gasteiger partial charge in [0.2, 0.25) is 11.8 Å². The summed E-state index contributed by atoms with van der Waals surface area (Å²) >= 11 is 0. The SMILES string of the molecule is COc1cc(C#N)ccc1OCCCC(=O)N1CCN(C(=O)C(C)(C)C)CC1. The number of hydrogen-bond donors (Lipinski definition) is 0. The van der Waals surface area contributed by atoms with Crippen molar-refractivity contribution in [1.29, 1.82) is 5.26 Å². The van der Waals surface area contributed by atoms with Gasteiger partial charge in [-0.3, -0.25) is 9.59 Å². The Kier molecular flexibility index (Phi) is 7.27. The highest BCUT2D eigenvalue weighted by Gasteiger charge is 2.30. The van der Waals surface area contributed by atoms with Gasteiger partial charge in [-0.1, -0.05) is 20.8 Å². The molecule has 152 valence electrons. The summed E-state index contributed by atoms with van der Waals surface area (Å²) in [5.41, 5.74) is 0.110. The largest absolute Gasteiger partial charge is 0.493 e. The van der Waals surface area contributed by atoms with E-state index in [4.69, 9.17) is 14.7 Å². The van der Waals surface area contributed by atoms with Gasteiger partial charge in [0.05, 0.1) is 25.3 Å². The molecule has 1 aromatic rings. The molecule has 0 radical (unpaired) electrons. The van der Waals surface area contributed by atoms with Gasteiger partial charge in [0.15, 0.2) is 11.5 Å². The highest BCUT2D eigenvalue weighted by atomic mass is 16.5. The topological polar surface area (TPSA) is 82.9 Å². The summed E-state index contributed by atoms with van der Waals surface area (Å²) in [6, 6.07) is 7.05. The van der Waals surface area contributed by atoms with E-state index < -0.39 is 5.41 Å². The van der Waals surface area contributed by atoms with Gasteiger partial charge >= 0.3 is 0 Å². The Balaban J connectivity index is 1.74. The lowest BCUT2D eigenvalue weighted by Crippen LogP contribution is -2.53. The van der Waals surface area contributed by atoms with Crippen LogP contribution in [0.2, 0.25) is 0 Å². The molecule has 1 fully saturated rings. The zero-order valence-electron chi connectivity index (χ0n) is 17.2. The zero-order chi connectivity index (χ0) is 20.7. The maximum atomic E-state index is 12.4. The first-order valence-electron chi connectivity index (χ1n) is 9.54. The van der Waals surface area contributed by atoms with Crippen LogP contribution in [0.15, 0.2) is 18.2 Å². The molecule has 1 aromatic carbocycles. The van der Waals surface area contributed by atoms with Crippen molar-refractivity contribution in [2.45, 2.75) is 33.6 Å². The molecule has 0 saturated carbocycles. The van der Waals surface area contributed by atoms with Crippen LogP contribution in [0.25, 0.3) is 0 Å². The lowest BCUT2D eigenvalue weighted by atomic mass is 9.94. The number of rotatable bonds is 6. The molecule has 1 aliphatic rings. The quantitative estimate of drug-likeness (QED) is 0.700. The summed E-state index contributed by atoms with van der Waals surface area (Å²) in [6.45, 7) is 8.44. The van der Waals surface area contributed by atoms with Gasteiger partial charge in [0.25, 0.3) is 0 Å². The number of amides is 2. The van der Waals surface area contributed by atoms with E-state index >= 15 is 0 Å². The first kappa shape index (κ1) is 21.5. The van der Waals surface area contributed by atoms with Crippen molar-refractivity contribution in [2.75, 3.05) is 39.9 Å². The second kappa shape index (κ2) is 9.45. The number of piperazine rings is 1. The average molecular weight is 387 g/mol. The third-order valence-corrected chi connectivity index (χ3v) is 4.65. The minimum Gasteiger partial charge on any atom is -0.493 e. The maximum absolute atomic E-state index is 12.4. The second-order valence-electron chi connectivity index (χ2n) is 7.85. The van der Waals surface area contributed by atoms with E-state index in [0.717, 1.165) is 0 Å². The van der Waals surface area contributed by atoms with Crippen molar-refractivity contribution in [2.24, 2.45) is 5.41 Å². The van der Waals surface area contributed by atoms with E-state index in [1.54, 1.807) is 18.2 Å². The Morgan fingerprint density at radius 2 is 1.75 bits per heavy atom. The highest BCUT2D eigenvalue weighted by molar-refractivity contribution is 5.82. The van der Waals surface area contributed by atoms with E-state index in [-0.39, 0.29) is 11.8 Å². The first-order chi connectivity index (χ1) is 13.3. The summed E-state index contributed by atoms with van der Waals surface area (Å²) in [5, 5.41) is 8.92. The Bertz CT molecular complexity index is 741. The van der Waals surface area contributed by atoms with E-state index in [2.05, 4.69) is 6.07 Å². The van der Waals surface area contributed by atoms with Gasteiger partial charge in [0, 0.05) is 44.1 Å². The predicted molar refractivity (Wildman–Crippen MR) is 105 cm³/mol. The van der Waals surface area contributed by atoms with Gasteiger partial charge in [-0.25, -0.2) is 0 Å². The number of ether oxygens (including phenoxy) is 2. The molecular weight excluding hydrogens is 358 g/mol. The van der Waals surface area contributed by atoms with Crippen molar-refractivity contribution >= 4 is 11.8 Å². The molecule has 0 aliphatic carbocycles. The molecule has 0 unspecified atom stereocenters. The molecular formula is C21H29N3O4. The molecule has 2 amide bonds. The van der Waals surface area contributed by atoms with Gasteiger partial charge in [-0.05, 0) is 18.6 Å². The van der Waals surface area contributed by atoms with Crippen molar-refractivity contribution in [3.63, 3.8) is 0 Å². The molecule has 1 heterocycles. The van der Waals surface area contributed by atoms with Crippen LogP contribution in [0.5, 0.6) is 11.5 Å². The molecule has 0 bridgehead atoms. The molecule has 1 aliphatic heterocycles. The summed E-state index contributed by atoms with van der Waals surface area (Å²) < 4.78 is 10.9. The number of hydrogen-bond acceptors (Lipinski definition) is 5. The first-order valence-corrected chi connectivity index (χ1v) is 9.54. The van der Waals surface area contributed by atoms with Gasteiger partial charge in [0.1, 0.15) is 0 Å². The fourth-order valence-corrected chi connectivity index (χ4v) is 3.05. The van der Waals surface area contributed by atoms with Crippen LogP contribution in [-0.4, -0.2) is 61.5 Å². The molecule has 7 heteroatoms. The molecule has 2 rings (SSSR count). The molecule has 0 spiro atoms. The number of methoxy groups -OCH3 is 1. The maximum Gasteiger partial charge on any atom is 0.228 e. The van der Waals surface area contributed by atoms with E-state index in [1.807, 2.05) is 30.6 Å². The van der Waals surface area contributed by atoms with E-state index in [9.17, 15) is 9.59 Å². The Labute approximate surface area is 166 Å². The number of carbonyl (C=O) groups is 2. The van der Waals surface area contributed by atoms with Crippen LogP contribution in [0.4, 0.5) is 0 Å². The Hall–Kier alpha value is -2.75. The van der Waals surface area contributed by atoms with Gasteiger partial charge < -0.3 is 19.3 Å². The Morgan fingerprint density at radius 1 is 1.11 bits per heavy atom. The minimum absolute atomic E-state index is 0.0817. The van der Waals surface area contributed by atoms with Crippen LogP contribution in [-0.2, 0) is 9.59 Å². The molecule has 7 nitrogen and oxygen atoms in total. The van der Waals surface area contributed by atoms with Crippen LogP contribution in [0.3, 0.4) is 0 Å². The minimum atomic E-state index is -0.393. The standard InChI is InChI=1S/C21H29N3O4/c1-21(2,3)20(26)24-11-9-23(10-12-24)19(25)6-5-13-28-17-8-7-16(15-22)14-18(17)27-4/h7-8,14H,5-6,9-13H2,1-4H3. The van der Waals surface area contributed by atoms with Gasteiger partial charge in [-0.2, -0.15) is 5.26 Å². The number of nitrogens with zero attached hydrogens (tertiary/aromatic N) is 3. The number of nitriles is 1. The molecule has 1 saturated heterocycles. The fourth-order valence-electron chi connectivity index (χ4n) is 3.05. The van der Waals surface area contributed by atoms with Crippen molar-refractivity contribution in [3.05, 3.63) is 23.8 Å². The van der Waals surface area contributed by atoms with Crippen LogP contribution in [0.1, 0.15) is 39.2 Å². The number of carbonyl (C=O) groups excluding carboxylic acids is 2. The van der Waals surface area contributed by atoms with E-state index in [1.165, 1.54) is 7.11 Å². The molecule has 0 atom stereocenters. The molecule has 28 heavy (non-hydrogen) atoms. The predicted octanol–water partition coefficient (Wildman–Crippen LogP) is 2.44. The fraction of sp³-hybridized carbons (Fsp3) is 0.571. The van der Waals surface area contributed by atoms with E-state index in [0.29, 0.717) is 62.7 Å². The molecule has 0 N–H and O–H groups in total. The lowest BCUT2D eigenvalue weighted by Gasteiger charge is -2.37. The van der Waals surface area contributed by atoms with Crippen molar-refractivity contribution < 1.29 is 19.1 Å². The van der Waals surface area contributed by atoms with Gasteiger partial charge in [-0.15, -0.1) is 0 Å². The average Bonchev–Trinajstić information content (AvgIpc) is 2.69. The monoisotopic (exact) mass is 387 g/mol. The summed E-state index contributed by atoms with van der Waals surface area (Å²) in [6.07, 6.45) is 0.981. The highest BCUT2D eigenvalue weighted by Crippen LogP contribution is 2.28. The second-order valence-corrected chi connectivity index (χ2v) is 7.85. The van der Waals surface area contributed by atoms with Crippen LogP contribution in [0, 0.1) is 16.7 Å². The number of benzene rings is 1. The van der Waals surface area contributed by atoms with Crippen molar-refractivity contribution in [3.8, 4) is 17.6 Å². The lowest BCUT2D eigenvalue weighted by molar-refractivity contribution is -0.145. The smallest absolute Gasteiger partial charge is 0.228 e. The van der Waals surface area contributed by atoms with Crippen LogP contribution >= 0.6 is 0 Å². The third-order valence-electron chi connectivity index (χ3n) is 4.65. The molecule has 0 aromatic heterocycles. The van der Waals surface area contributed by atoms with Crippen LogP contribution < -0.4 is 9.47 Å². The normalized spacial score (nSPS) is 14.4. The zero-order valence-corrected chi connectivity index (χ0v) is 17.2. The Morgan fingerprint density at radius 3 is 2.32 bits per heavy atom. The van der Waals surface area contributed by atoms with Crippen molar-refractivity contribution in [1.82, 2.24) is 9.80 Å². The summed E-state index contributed by atoms with van der Waals surface area (Å²) in [5.74, 6) is 1.27.